The molecule has 0 unspecified atom stereocenters. The van der Waals surface area contributed by atoms with Gasteiger partial charge in [-0.15, -0.1) is 0 Å². The lowest BCUT2D eigenvalue weighted by atomic mass is 9.89. The first kappa shape index (κ1) is 22.3. The number of rotatable bonds is 5. The number of hydrogen-bond acceptors (Lipinski definition) is 3. The van der Waals surface area contributed by atoms with Gasteiger partial charge in [-0.05, 0) is 76.3 Å². The van der Waals surface area contributed by atoms with Crippen LogP contribution in [0.4, 0.5) is 8.78 Å². The maximum atomic E-state index is 13.5. The molecule has 0 aliphatic rings. The molecular weight excluding hydrogens is 450 g/mol. The Kier molecular flexibility index (Phi) is 6.49. The summed E-state index contributed by atoms with van der Waals surface area (Å²) in [5, 5.41) is 2.58. The first-order chi connectivity index (χ1) is 15.3. The lowest BCUT2D eigenvalue weighted by Gasteiger charge is -2.16. The highest BCUT2D eigenvalue weighted by Gasteiger charge is 2.15. The van der Waals surface area contributed by atoms with Gasteiger partial charge in [0.1, 0.15) is 11.6 Å². The fourth-order valence-corrected chi connectivity index (χ4v) is 4.79. The van der Waals surface area contributed by atoms with Crippen molar-refractivity contribution < 1.29 is 18.3 Å². The molecule has 0 atom stereocenters. The van der Waals surface area contributed by atoms with E-state index in [-0.39, 0.29) is 12.4 Å². The van der Waals surface area contributed by atoms with E-state index in [0.29, 0.717) is 9.92 Å². The Morgan fingerprint density at radius 1 is 0.938 bits per heavy atom. The van der Waals surface area contributed by atoms with Crippen LogP contribution in [-0.4, -0.2) is 13.1 Å². The lowest BCUT2D eigenvalue weighted by Crippen LogP contribution is -2.06. The molecule has 6 heteroatoms. The van der Waals surface area contributed by atoms with Gasteiger partial charge in [-0.2, -0.15) is 0 Å². The normalized spacial score (nSPS) is 11.0. The molecule has 0 aromatic heterocycles. The Hall–Kier alpha value is -2.89. The number of halogens is 3. The summed E-state index contributed by atoms with van der Waals surface area (Å²) in [6.07, 6.45) is 0.174. The lowest BCUT2D eigenvalue weighted by molar-refractivity contribution is -0.139. The molecule has 0 saturated carbocycles. The van der Waals surface area contributed by atoms with E-state index in [4.69, 9.17) is 16.3 Å². The quantitative estimate of drug-likeness (QED) is 0.282. The fraction of sp³-hybridized carbons (Fsp3) is 0.115. The summed E-state index contributed by atoms with van der Waals surface area (Å²) in [4.78, 5) is 13.3. The van der Waals surface area contributed by atoms with Crippen LogP contribution in [0.1, 0.15) is 11.1 Å². The van der Waals surface area contributed by atoms with Crippen molar-refractivity contribution in [1.29, 1.82) is 0 Å². The summed E-state index contributed by atoms with van der Waals surface area (Å²) in [5.74, 6) is -1.52. The zero-order valence-electron chi connectivity index (χ0n) is 17.4. The molecule has 0 radical (unpaired) electrons. The average molecular weight is 469 g/mol. The van der Waals surface area contributed by atoms with Gasteiger partial charge >= 0.3 is 5.97 Å². The number of esters is 1. The first-order valence-electron chi connectivity index (χ1n) is 9.87. The van der Waals surface area contributed by atoms with E-state index in [1.165, 1.54) is 31.0 Å². The molecule has 4 aromatic carbocycles. The molecule has 32 heavy (non-hydrogen) atoms. The highest BCUT2D eigenvalue weighted by Crippen LogP contribution is 2.37. The number of fused-ring (bicyclic) bond motifs is 1. The van der Waals surface area contributed by atoms with Gasteiger partial charge in [0.25, 0.3) is 0 Å². The maximum absolute atomic E-state index is 13.5. The van der Waals surface area contributed by atoms with Crippen LogP contribution in [0.15, 0.2) is 76.5 Å². The van der Waals surface area contributed by atoms with Crippen LogP contribution < -0.4 is 0 Å². The van der Waals surface area contributed by atoms with Crippen molar-refractivity contribution in [3.8, 4) is 11.1 Å². The SMILES string of the molecule is COC(=O)Cc1cc2ccc(Cl)cc2c(-c2ccc(Sc3cc(F)cc(F)c3)cc2)c1C. The summed E-state index contributed by atoms with van der Waals surface area (Å²) < 4.78 is 31.9. The van der Waals surface area contributed by atoms with Crippen LogP contribution in [0.25, 0.3) is 21.9 Å². The van der Waals surface area contributed by atoms with E-state index >= 15 is 0 Å². The summed E-state index contributed by atoms with van der Waals surface area (Å²) in [5.41, 5.74) is 3.79. The monoisotopic (exact) mass is 468 g/mol. The van der Waals surface area contributed by atoms with Crippen molar-refractivity contribution in [2.24, 2.45) is 0 Å². The Morgan fingerprint density at radius 3 is 2.28 bits per heavy atom. The molecule has 162 valence electrons. The summed E-state index contributed by atoms with van der Waals surface area (Å²) >= 11 is 7.56. The molecule has 0 fully saturated rings. The van der Waals surface area contributed by atoms with Gasteiger partial charge in [0, 0.05) is 20.9 Å². The van der Waals surface area contributed by atoms with Gasteiger partial charge in [0.15, 0.2) is 0 Å². The third kappa shape index (κ3) is 4.79. The topological polar surface area (TPSA) is 26.3 Å². The minimum Gasteiger partial charge on any atom is -0.469 e. The molecule has 4 aromatic rings. The van der Waals surface area contributed by atoms with E-state index in [9.17, 15) is 13.6 Å². The minimum absolute atomic E-state index is 0.174. The molecule has 0 amide bonds. The van der Waals surface area contributed by atoms with Crippen molar-refractivity contribution in [2.45, 2.75) is 23.1 Å². The number of carbonyl (C=O) groups is 1. The second-order valence-electron chi connectivity index (χ2n) is 7.39. The zero-order valence-corrected chi connectivity index (χ0v) is 19.0. The molecule has 0 aliphatic heterocycles. The van der Waals surface area contributed by atoms with E-state index in [0.717, 1.165) is 44.0 Å². The number of benzene rings is 4. The number of methoxy groups -OCH3 is 1. The number of hydrogen-bond donors (Lipinski definition) is 0. The van der Waals surface area contributed by atoms with Crippen molar-refractivity contribution in [3.63, 3.8) is 0 Å². The smallest absolute Gasteiger partial charge is 0.309 e. The van der Waals surface area contributed by atoms with Crippen molar-refractivity contribution in [1.82, 2.24) is 0 Å². The second-order valence-corrected chi connectivity index (χ2v) is 8.97. The van der Waals surface area contributed by atoms with E-state index in [2.05, 4.69) is 0 Å². The molecule has 0 spiro atoms. The predicted molar refractivity (Wildman–Crippen MR) is 125 cm³/mol. The van der Waals surface area contributed by atoms with Gasteiger partial charge in [0.05, 0.1) is 13.5 Å². The third-order valence-corrected chi connectivity index (χ3v) is 6.46. The summed E-state index contributed by atoms with van der Waals surface area (Å²) in [6, 6.07) is 18.9. The zero-order chi connectivity index (χ0) is 22.8. The van der Waals surface area contributed by atoms with Gasteiger partial charge < -0.3 is 4.74 Å². The molecular formula is C26H19ClF2O2S. The van der Waals surface area contributed by atoms with Crippen molar-refractivity contribution in [2.75, 3.05) is 7.11 Å². The Morgan fingerprint density at radius 2 is 1.62 bits per heavy atom. The van der Waals surface area contributed by atoms with Crippen LogP contribution in [-0.2, 0) is 16.0 Å². The van der Waals surface area contributed by atoms with Crippen LogP contribution in [0.5, 0.6) is 0 Å². The van der Waals surface area contributed by atoms with Gasteiger partial charge in [-0.3, -0.25) is 4.79 Å². The minimum atomic E-state index is -0.606. The number of ether oxygens (including phenoxy) is 1. The highest BCUT2D eigenvalue weighted by molar-refractivity contribution is 7.99. The summed E-state index contributed by atoms with van der Waals surface area (Å²) in [6.45, 7) is 1.98. The highest BCUT2D eigenvalue weighted by atomic mass is 35.5. The fourth-order valence-electron chi connectivity index (χ4n) is 3.73. The first-order valence-corrected chi connectivity index (χ1v) is 11.1. The predicted octanol–water partition coefficient (Wildman–Crippen LogP) is 7.61. The largest absolute Gasteiger partial charge is 0.469 e. The van der Waals surface area contributed by atoms with E-state index < -0.39 is 11.6 Å². The van der Waals surface area contributed by atoms with Crippen LogP contribution in [0.3, 0.4) is 0 Å². The molecule has 0 heterocycles. The standard InChI is InChI=1S/C26H19ClF2O2S/c1-15-18(10-25(30)31-2)9-17-3-6-19(27)11-24(17)26(15)16-4-7-22(8-5-16)32-23-13-20(28)12-21(29)14-23/h3-9,11-14H,10H2,1-2H3. The maximum Gasteiger partial charge on any atom is 0.309 e. The third-order valence-electron chi connectivity index (χ3n) is 5.25. The molecule has 2 nitrogen and oxygen atoms in total. The molecule has 0 aliphatic carbocycles. The Balaban J connectivity index is 1.77. The van der Waals surface area contributed by atoms with E-state index in [1.807, 2.05) is 55.5 Å². The number of carbonyl (C=O) groups excluding carboxylic acids is 1. The van der Waals surface area contributed by atoms with E-state index in [1.54, 1.807) is 0 Å². The average Bonchev–Trinajstić information content (AvgIpc) is 2.74. The van der Waals surface area contributed by atoms with Crippen LogP contribution in [0, 0.1) is 18.6 Å². The van der Waals surface area contributed by atoms with Crippen LogP contribution in [0.2, 0.25) is 5.02 Å². The van der Waals surface area contributed by atoms with Gasteiger partial charge in [-0.1, -0.05) is 47.6 Å². The molecule has 0 bridgehead atoms. The summed E-state index contributed by atoms with van der Waals surface area (Å²) in [7, 11) is 1.38. The van der Waals surface area contributed by atoms with Crippen molar-refractivity contribution in [3.05, 3.63) is 94.5 Å². The van der Waals surface area contributed by atoms with Crippen LogP contribution >= 0.6 is 23.4 Å². The van der Waals surface area contributed by atoms with Crippen molar-refractivity contribution >= 4 is 40.1 Å². The molecule has 0 N–H and O–H groups in total. The Labute approximate surface area is 194 Å². The molecule has 4 rings (SSSR count). The molecule has 0 saturated heterocycles. The van der Waals surface area contributed by atoms with Gasteiger partial charge in [-0.25, -0.2) is 8.78 Å². The van der Waals surface area contributed by atoms with Gasteiger partial charge in [0.2, 0.25) is 0 Å². The Bertz CT molecular complexity index is 1300. The second kappa shape index (κ2) is 9.31.